The van der Waals surface area contributed by atoms with E-state index >= 15 is 0 Å². The molecule has 1 unspecified atom stereocenters. The van der Waals surface area contributed by atoms with Crippen LogP contribution in [-0.2, 0) is 0 Å². The van der Waals surface area contributed by atoms with Gasteiger partial charge in [-0.15, -0.1) is 11.8 Å². The number of thioether (sulfide) groups is 1. The molecule has 0 aliphatic rings. The van der Waals surface area contributed by atoms with Crippen molar-refractivity contribution < 1.29 is 0 Å². The smallest absolute Gasteiger partial charge is 0.0331 e. The molecule has 0 aromatic heterocycles. The van der Waals surface area contributed by atoms with Crippen LogP contribution >= 0.6 is 11.8 Å². The Labute approximate surface area is 104 Å². The predicted octanol–water partition coefficient (Wildman–Crippen LogP) is 4.25. The van der Waals surface area contributed by atoms with Crippen LogP contribution in [-0.4, -0.2) is 12.8 Å². The third-order valence-corrected chi connectivity index (χ3v) is 3.62. The molecule has 90 valence electrons. The molecule has 0 radical (unpaired) electrons. The van der Waals surface area contributed by atoms with Crippen LogP contribution in [0.4, 0.5) is 0 Å². The molecule has 1 aromatic rings. The highest BCUT2D eigenvalue weighted by Crippen LogP contribution is 2.28. The minimum atomic E-state index is 0.522. The summed E-state index contributed by atoms with van der Waals surface area (Å²) in [6.45, 7) is 5.47. The molecule has 0 bridgehead atoms. The summed E-state index contributed by atoms with van der Waals surface area (Å²) in [4.78, 5) is 1.41. The molecule has 0 saturated carbocycles. The van der Waals surface area contributed by atoms with Gasteiger partial charge in [-0.25, -0.2) is 0 Å². The van der Waals surface area contributed by atoms with Crippen molar-refractivity contribution >= 4 is 11.8 Å². The van der Waals surface area contributed by atoms with Gasteiger partial charge >= 0.3 is 0 Å². The van der Waals surface area contributed by atoms with Crippen LogP contribution in [0.15, 0.2) is 29.2 Å². The van der Waals surface area contributed by atoms with Gasteiger partial charge in [0.25, 0.3) is 0 Å². The molecular formula is C14H23NS. The molecule has 1 aromatic carbocycles. The average Bonchev–Trinajstić information content (AvgIpc) is 2.34. The minimum absolute atomic E-state index is 0.522. The summed E-state index contributed by atoms with van der Waals surface area (Å²) >= 11 is 1.84. The summed E-state index contributed by atoms with van der Waals surface area (Å²) in [5.41, 5.74) is 1.46. The Morgan fingerprint density at radius 2 is 2.00 bits per heavy atom. The summed E-state index contributed by atoms with van der Waals surface area (Å²) in [7, 11) is 0. The molecule has 0 spiro atoms. The van der Waals surface area contributed by atoms with Gasteiger partial charge in [-0.3, -0.25) is 0 Å². The van der Waals surface area contributed by atoms with E-state index < -0.39 is 0 Å². The van der Waals surface area contributed by atoms with Crippen molar-refractivity contribution in [1.82, 2.24) is 5.32 Å². The lowest BCUT2D eigenvalue weighted by Crippen LogP contribution is -2.21. The molecular weight excluding hydrogens is 214 g/mol. The van der Waals surface area contributed by atoms with Crippen LogP contribution < -0.4 is 5.32 Å². The topological polar surface area (TPSA) is 12.0 Å². The monoisotopic (exact) mass is 237 g/mol. The molecule has 0 aliphatic heterocycles. The SMILES string of the molecule is CCCCC(NCC)c1ccccc1SC. The Balaban J connectivity index is 2.81. The molecule has 0 amide bonds. The number of hydrogen-bond acceptors (Lipinski definition) is 2. The molecule has 1 rings (SSSR count). The van der Waals surface area contributed by atoms with Crippen LogP contribution in [0.3, 0.4) is 0 Å². The van der Waals surface area contributed by atoms with Crippen molar-refractivity contribution in [2.24, 2.45) is 0 Å². The number of rotatable bonds is 7. The second-order valence-electron chi connectivity index (χ2n) is 3.99. The first-order valence-corrected chi connectivity index (χ1v) is 7.42. The highest BCUT2D eigenvalue weighted by Gasteiger charge is 2.12. The van der Waals surface area contributed by atoms with E-state index in [1.54, 1.807) is 0 Å². The van der Waals surface area contributed by atoms with Crippen LogP contribution in [0.1, 0.15) is 44.7 Å². The fourth-order valence-corrected chi connectivity index (χ4v) is 2.64. The van der Waals surface area contributed by atoms with Crippen molar-refractivity contribution in [3.8, 4) is 0 Å². The number of benzene rings is 1. The molecule has 0 saturated heterocycles. The molecule has 1 nitrogen and oxygen atoms in total. The van der Waals surface area contributed by atoms with Crippen molar-refractivity contribution in [3.05, 3.63) is 29.8 Å². The maximum atomic E-state index is 3.60. The van der Waals surface area contributed by atoms with Gasteiger partial charge in [-0.05, 0) is 30.9 Å². The molecule has 2 heteroatoms. The predicted molar refractivity (Wildman–Crippen MR) is 74.2 cm³/mol. The maximum absolute atomic E-state index is 3.60. The van der Waals surface area contributed by atoms with Gasteiger partial charge in [-0.1, -0.05) is 44.9 Å². The zero-order chi connectivity index (χ0) is 11.8. The fraction of sp³-hybridized carbons (Fsp3) is 0.571. The van der Waals surface area contributed by atoms with E-state index in [0.717, 1.165) is 6.54 Å². The van der Waals surface area contributed by atoms with E-state index in [0.29, 0.717) is 6.04 Å². The van der Waals surface area contributed by atoms with Crippen LogP contribution in [0, 0.1) is 0 Å². The summed E-state index contributed by atoms with van der Waals surface area (Å²) < 4.78 is 0. The lowest BCUT2D eigenvalue weighted by molar-refractivity contribution is 0.489. The van der Waals surface area contributed by atoms with E-state index in [1.165, 1.54) is 29.7 Å². The normalized spacial score (nSPS) is 12.7. The van der Waals surface area contributed by atoms with Crippen LogP contribution in [0.25, 0.3) is 0 Å². The Morgan fingerprint density at radius 3 is 2.62 bits per heavy atom. The van der Waals surface area contributed by atoms with Crippen LogP contribution in [0.2, 0.25) is 0 Å². The van der Waals surface area contributed by atoms with Crippen molar-refractivity contribution in [2.45, 2.75) is 44.0 Å². The first-order valence-electron chi connectivity index (χ1n) is 6.19. The van der Waals surface area contributed by atoms with Crippen molar-refractivity contribution in [1.29, 1.82) is 0 Å². The highest BCUT2D eigenvalue weighted by molar-refractivity contribution is 7.98. The van der Waals surface area contributed by atoms with Gasteiger partial charge in [0.05, 0.1) is 0 Å². The molecule has 1 atom stereocenters. The van der Waals surface area contributed by atoms with Gasteiger partial charge in [0, 0.05) is 10.9 Å². The maximum Gasteiger partial charge on any atom is 0.0331 e. The largest absolute Gasteiger partial charge is 0.310 e. The van der Waals surface area contributed by atoms with Gasteiger partial charge in [0.2, 0.25) is 0 Å². The highest BCUT2D eigenvalue weighted by atomic mass is 32.2. The van der Waals surface area contributed by atoms with Crippen molar-refractivity contribution in [3.63, 3.8) is 0 Å². The second-order valence-corrected chi connectivity index (χ2v) is 4.84. The van der Waals surface area contributed by atoms with Crippen molar-refractivity contribution in [2.75, 3.05) is 12.8 Å². The van der Waals surface area contributed by atoms with E-state index in [9.17, 15) is 0 Å². The first kappa shape index (κ1) is 13.6. The summed E-state index contributed by atoms with van der Waals surface area (Å²) in [5.74, 6) is 0. The van der Waals surface area contributed by atoms with E-state index in [4.69, 9.17) is 0 Å². The lowest BCUT2D eigenvalue weighted by Gasteiger charge is -2.20. The quantitative estimate of drug-likeness (QED) is 0.712. The van der Waals surface area contributed by atoms with Gasteiger partial charge < -0.3 is 5.32 Å². The molecule has 1 N–H and O–H groups in total. The molecule has 0 aliphatic carbocycles. The lowest BCUT2D eigenvalue weighted by atomic mass is 10.0. The van der Waals surface area contributed by atoms with E-state index in [-0.39, 0.29) is 0 Å². The van der Waals surface area contributed by atoms with E-state index in [1.807, 2.05) is 11.8 Å². The first-order chi connectivity index (χ1) is 7.83. The van der Waals surface area contributed by atoms with Gasteiger partial charge in [-0.2, -0.15) is 0 Å². The molecule has 0 fully saturated rings. The van der Waals surface area contributed by atoms with Crippen LogP contribution in [0.5, 0.6) is 0 Å². The number of unbranched alkanes of at least 4 members (excludes halogenated alkanes) is 1. The third-order valence-electron chi connectivity index (χ3n) is 2.81. The number of nitrogens with one attached hydrogen (secondary N) is 1. The molecule has 0 heterocycles. The number of hydrogen-bond donors (Lipinski definition) is 1. The zero-order valence-electron chi connectivity index (χ0n) is 10.6. The summed E-state index contributed by atoms with van der Waals surface area (Å²) in [5, 5.41) is 3.60. The standard InChI is InChI=1S/C14H23NS/c1-4-6-10-13(15-5-2)12-9-7-8-11-14(12)16-3/h7-9,11,13,15H,4-6,10H2,1-3H3. The fourth-order valence-electron chi connectivity index (χ4n) is 1.98. The van der Waals surface area contributed by atoms with E-state index in [2.05, 4.69) is 49.7 Å². The molecule has 16 heavy (non-hydrogen) atoms. The minimum Gasteiger partial charge on any atom is -0.310 e. The summed E-state index contributed by atoms with van der Waals surface area (Å²) in [6.07, 6.45) is 5.95. The Morgan fingerprint density at radius 1 is 1.25 bits per heavy atom. The third kappa shape index (κ3) is 3.84. The van der Waals surface area contributed by atoms with Gasteiger partial charge in [0.15, 0.2) is 0 Å². The Hall–Kier alpha value is -0.470. The Kier molecular flexibility index (Phi) is 6.58. The zero-order valence-corrected chi connectivity index (χ0v) is 11.4. The van der Waals surface area contributed by atoms with Gasteiger partial charge in [0.1, 0.15) is 0 Å². The second kappa shape index (κ2) is 7.75. The Bertz CT molecular complexity index is 299. The summed E-state index contributed by atoms with van der Waals surface area (Å²) in [6, 6.07) is 9.27. The average molecular weight is 237 g/mol.